The van der Waals surface area contributed by atoms with Gasteiger partial charge in [0.2, 0.25) is 0 Å². The Labute approximate surface area is 67.2 Å². The Balaban J connectivity index is 2.37. The summed E-state index contributed by atoms with van der Waals surface area (Å²) in [4.78, 5) is 10.9. The predicted molar refractivity (Wildman–Crippen MR) is 43.1 cm³/mol. The predicted octanol–water partition coefficient (Wildman–Crippen LogP) is 1.91. The highest BCUT2D eigenvalue weighted by Gasteiger charge is 2.24. The molecule has 0 amide bonds. The van der Waals surface area contributed by atoms with Crippen LogP contribution in [0.15, 0.2) is 11.6 Å². The molecule has 0 radical (unpaired) electrons. The Morgan fingerprint density at radius 2 is 2.45 bits per heavy atom. The fraction of sp³-hybridized carbons (Fsp3) is 0.667. The number of carbonyl (C=O) groups is 1. The summed E-state index contributed by atoms with van der Waals surface area (Å²) in [7, 11) is 0. The molecule has 1 aliphatic heterocycles. The van der Waals surface area contributed by atoms with Crippen LogP contribution in [0.3, 0.4) is 0 Å². The van der Waals surface area contributed by atoms with E-state index in [4.69, 9.17) is 4.74 Å². The topological polar surface area (TPSA) is 26.3 Å². The van der Waals surface area contributed by atoms with Crippen LogP contribution >= 0.6 is 0 Å². The van der Waals surface area contributed by atoms with Crippen molar-refractivity contribution >= 4 is 5.97 Å². The molecule has 1 atom stereocenters. The molecule has 0 bridgehead atoms. The molecular formula is C9H14O2. The molecule has 62 valence electrons. The largest absolute Gasteiger partial charge is 0.465 e. The summed E-state index contributed by atoms with van der Waals surface area (Å²) < 4.78 is 4.83. The zero-order valence-electron chi connectivity index (χ0n) is 7.09. The highest BCUT2D eigenvalue weighted by atomic mass is 16.5. The number of hydrogen-bond acceptors (Lipinski definition) is 2. The van der Waals surface area contributed by atoms with Crippen LogP contribution in [0.5, 0.6) is 0 Å². The quantitative estimate of drug-likeness (QED) is 0.448. The van der Waals surface area contributed by atoms with Crippen LogP contribution in [0.1, 0.15) is 26.7 Å². The molecule has 1 aliphatic rings. The van der Waals surface area contributed by atoms with Crippen molar-refractivity contribution in [1.29, 1.82) is 0 Å². The molecule has 1 saturated heterocycles. The van der Waals surface area contributed by atoms with Crippen LogP contribution in [0.2, 0.25) is 0 Å². The van der Waals surface area contributed by atoms with Gasteiger partial charge in [0.25, 0.3) is 0 Å². The molecular weight excluding hydrogens is 140 g/mol. The summed E-state index contributed by atoms with van der Waals surface area (Å²) in [6, 6.07) is 0. The average Bonchev–Trinajstić information content (AvgIpc) is 2.31. The van der Waals surface area contributed by atoms with E-state index in [0.29, 0.717) is 6.61 Å². The van der Waals surface area contributed by atoms with Gasteiger partial charge in [0.05, 0.1) is 12.5 Å². The first-order chi connectivity index (χ1) is 5.20. The minimum Gasteiger partial charge on any atom is -0.465 e. The Hall–Kier alpha value is -0.790. The molecule has 0 spiro atoms. The molecule has 0 aromatic heterocycles. The first-order valence-electron chi connectivity index (χ1n) is 4.00. The lowest BCUT2D eigenvalue weighted by Crippen LogP contribution is -2.05. The molecule has 0 unspecified atom stereocenters. The summed E-state index contributed by atoms with van der Waals surface area (Å²) in [5.74, 6) is 0.104. The van der Waals surface area contributed by atoms with Crippen molar-refractivity contribution in [3.63, 3.8) is 0 Å². The molecule has 1 rings (SSSR count). The number of rotatable bonds is 2. The van der Waals surface area contributed by atoms with Crippen molar-refractivity contribution < 1.29 is 9.53 Å². The van der Waals surface area contributed by atoms with Gasteiger partial charge in [0, 0.05) is 0 Å². The lowest BCUT2D eigenvalue weighted by atomic mass is 10.0. The highest BCUT2D eigenvalue weighted by Crippen LogP contribution is 2.18. The second kappa shape index (κ2) is 3.56. The van der Waals surface area contributed by atoms with Crippen molar-refractivity contribution in [1.82, 2.24) is 0 Å². The molecule has 0 saturated carbocycles. The number of hydrogen-bond donors (Lipinski definition) is 0. The maximum atomic E-state index is 10.9. The van der Waals surface area contributed by atoms with E-state index in [1.165, 1.54) is 5.57 Å². The average molecular weight is 154 g/mol. The maximum Gasteiger partial charge on any atom is 0.309 e. The highest BCUT2D eigenvalue weighted by molar-refractivity contribution is 5.74. The number of esters is 1. The normalized spacial score (nSPS) is 23.1. The third-order valence-corrected chi connectivity index (χ3v) is 1.85. The van der Waals surface area contributed by atoms with Gasteiger partial charge >= 0.3 is 5.97 Å². The Morgan fingerprint density at radius 1 is 1.73 bits per heavy atom. The Kier molecular flexibility index (Phi) is 2.69. The molecule has 2 heteroatoms. The first-order valence-corrected chi connectivity index (χ1v) is 4.00. The van der Waals surface area contributed by atoms with Crippen molar-refractivity contribution in [2.45, 2.75) is 26.7 Å². The third-order valence-electron chi connectivity index (χ3n) is 1.85. The fourth-order valence-electron chi connectivity index (χ4n) is 1.13. The van der Waals surface area contributed by atoms with Crippen molar-refractivity contribution in [2.24, 2.45) is 5.92 Å². The van der Waals surface area contributed by atoms with Crippen LogP contribution in [0.25, 0.3) is 0 Å². The van der Waals surface area contributed by atoms with Crippen LogP contribution < -0.4 is 0 Å². The maximum absolute atomic E-state index is 10.9. The summed E-state index contributed by atoms with van der Waals surface area (Å²) in [5.41, 5.74) is 1.27. The number of allylic oxidation sites excluding steroid dienone is 2. The SMILES string of the molecule is CC(C)=CC[C@@H]1CCOC1=O. The third kappa shape index (κ3) is 2.37. The van der Waals surface area contributed by atoms with E-state index in [1.807, 2.05) is 13.8 Å². The number of ether oxygens (including phenoxy) is 1. The summed E-state index contributed by atoms with van der Waals surface area (Å²) in [6.07, 6.45) is 3.83. The van der Waals surface area contributed by atoms with E-state index in [0.717, 1.165) is 12.8 Å². The van der Waals surface area contributed by atoms with Gasteiger partial charge in [-0.05, 0) is 26.7 Å². The van der Waals surface area contributed by atoms with E-state index in [9.17, 15) is 4.79 Å². The minimum absolute atomic E-state index is 0.0255. The van der Waals surface area contributed by atoms with Gasteiger partial charge in [-0.15, -0.1) is 0 Å². The van der Waals surface area contributed by atoms with E-state index in [1.54, 1.807) is 0 Å². The summed E-state index contributed by atoms with van der Waals surface area (Å²) >= 11 is 0. The van der Waals surface area contributed by atoms with E-state index in [-0.39, 0.29) is 11.9 Å². The summed E-state index contributed by atoms with van der Waals surface area (Å²) in [6.45, 7) is 4.70. The molecule has 0 N–H and O–H groups in total. The molecule has 2 nitrogen and oxygen atoms in total. The van der Waals surface area contributed by atoms with Gasteiger partial charge in [-0.3, -0.25) is 4.79 Å². The second-order valence-electron chi connectivity index (χ2n) is 3.17. The number of cyclic esters (lactones) is 1. The van der Waals surface area contributed by atoms with Gasteiger partial charge < -0.3 is 4.74 Å². The molecule has 1 heterocycles. The van der Waals surface area contributed by atoms with Crippen molar-refractivity contribution in [3.8, 4) is 0 Å². The standard InChI is InChI=1S/C9H14O2/c1-7(2)3-4-8-5-6-11-9(8)10/h3,8H,4-6H2,1-2H3/t8-/m1/s1. The van der Waals surface area contributed by atoms with Gasteiger partial charge in [-0.2, -0.15) is 0 Å². The lowest BCUT2D eigenvalue weighted by Gasteiger charge is -1.99. The Bertz CT molecular complexity index is 178. The van der Waals surface area contributed by atoms with Crippen LogP contribution in [-0.4, -0.2) is 12.6 Å². The molecule has 1 fully saturated rings. The second-order valence-corrected chi connectivity index (χ2v) is 3.17. The van der Waals surface area contributed by atoms with Crippen LogP contribution in [0.4, 0.5) is 0 Å². The molecule has 11 heavy (non-hydrogen) atoms. The van der Waals surface area contributed by atoms with Crippen molar-refractivity contribution in [2.75, 3.05) is 6.61 Å². The first kappa shape index (κ1) is 8.31. The van der Waals surface area contributed by atoms with Crippen LogP contribution in [0, 0.1) is 5.92 Å². The Morgan fingerprint density at radius 3 is 2.91 bits per heavy atom. The van der Waals surface area contributed by atoms with E-state index >= 15 is 0 Å². The zero-order valence-corrected chi connectivity index (χ0v) is 7.09. The number of carbonyl (C=O) groups excluding carboxylic acids is 1. The van der Waals surface area contributed by atoms with Gasteiger partial charge in [-0.25, -0.2) is 0 Å². The zero-order chi connectivity index (χ0) is 8.27. The van der Waals surface area contributed by atoms with Gasteiger partial charge in [-0.1, -0.05) is 11.6 Å². The molecule has 0 aliphatic carbocycles. The van der Waals surface area contributed by atoms with E-state index < -0.39 is 0 Å². The van der Waals surface area contributed by atoms with E-state index in [2.05, 4.69) is 6.08 Å². The monoisotopic (exact) mass is 154 g/mol. The lowest BCUT2D eigenvalue weighted by molar-refractivity contribution is -0.141. The van der Waals surface area contributed by atoms with Gasteiger partial charge in [0.15, 0.2) is 0 Å². The minimum atomic E-state index is -0.0255. The van der Waals surface area contributed by atoms with Crippen molar-refractivity contribution in [3.05, 3.63) is 11.6 Å². The van der Waals surface area contributed by atoms with Crippen LogP contribution in [-0.2, 0) is 9.53 Å². The summed E-state index contributed by atoms with van der Waals surface area (Å²) in [5, 5.41) is 0. The molecule has 0 aromatic carbocycles. The smallest absolute Gasteiger partial charge is 0.309 e. The fourth-order valence-corrected chi connectivity index (χ4v) is 1.13. The molecule has 0 aromatic rings. The van der Waals surface area contributed by atoms with Gasteiger partial charge in [0.1, 0.15) is 0 Å².